The van der Waals surface area contributed by atoms with Crippen LogP contribution in [-0.2, 0) is 11.3 Å². The van der Waals surface area contributed by atoms with Crippen LogP contribution in [0.3, 0.4) is 0 Å². The van der Waals surface area contributed by atoms with Gasteiger partial charge in [0.15, 0.2) is 0 Å². The lowest BCUT2D eigenvalue weighted by Crippen LogP contribution is -2.14. The van der Waals surface area contributed by atoms with E-state index in [0.29, 0.717) is 12.2 Å². The van der Waals surface area contributed by atoms with Gasteiger partial charge in [-0.1, -0.05) is 6.07 Å². The minimum Gasteiger partial charge on any atom is -0.478 e. The second-order valence-electron chi connectivity index (χ2n) is 5.52. The zero-order chi connectivity index (χ0) is 15.9. The molecule has 0 fully saturated rings. The molecule has 0 unspecified atom stereocenters. The van der Waals surface area contributed by atoms with Crippen LogP contribution in [0, 0.1) is 19.7 Å². The summed E-state index contributed by atoms with van der Waals surface area (Å²) in [5.41, 5.74) is 5.72. The number of carboxylic acids is 1. The summed E-state index contributed by atoms with van der Waals surface area (Å²) in [5, 5.41) is 9.17. The molecule has 0 atom stereocenters. The van der Waals surface area contributed by atoms with Crippen molar-refractivity contribution >= 4 is 17.4 Å². The maximum Gasteiger partial charge on any atom is 0.330 e. The standard InChI is InChI=1S/C18H16FNO2/c1-11-7-13-10-20(15-5-3-14(19)4-6-15)17(9-18(21)22)16(13)8-12(11)2/h3-9H,10H2,1-2H3,(H,21,22)/b17-9+. The van der Waals surface area contributed by atoms with E-state index in [1.807, 2.05) is 24.8 Å². The van der Waals surface area contributed by atoms with Gasteiger partial charge in [0.25, 0.3) is 0 Å². The van der Waals surface area contributed by atoms with Gasteiger partial charge in [0.05, 0.1) is 5.70 Å². The first-order valence-corrected chi connectivity index (χ1v) is 7.04. The van der Waals surface area contributed by atoms with Crippen molar-refractivity contribution in [3.63, 3.8) is 0 Å². The number of aliphatic carboxylic acids is 1. The van der Waals surface area contributed by atoms with Crippen molar-refractivity contribution in [3.8, 4) is 0 Å². The highest BCUT2D eigenvalue weighted by Crippen LogP contribution is 2.38. The Morgan fingerprint density at radius 1 is 1.18 bits per heavy atom. The molecule has 0 saturated carbocycles. The van der Waals surface area contributed by atoms with Crippen LogP contribution in [0.1, 0.15) is 22.3 Å². The Hall–Kier alpha value is -2.62. The van der Waals surface area contributed by atoms with Crippen LogP contribution in [0.5, 0.6) is 0 Å². The number of carbonyl (C=O) groups is 1. The molecule has 1 aliphatic heterocycles. The van der Waals surface area contributed by atoms with Crippen molar-refractivity contribution in [1.82, 2.24) is 0 Å². The van der Waals surface area contributed by atoms with Gasteiger partial charge in [-0.15, -0.1) is 0 Å². The Morgan fingerprint density at radius 3 is 2.45 bits per heavy atom. The molecular formula is C18H16FNO2. The molecule has 0 spiro atoms. The number of hydrogen-bond donors (Lipinski definition) is 1. The third-order valence-corrected chi connectivity index (χ3v) is 4.01. The number of hydrogen-bond acceptors (Lipinski definition) is 2. The molecule has 0 radical (unpaired) electrons. The van der Waals surface area contributed by atoms with Crippen LogP contribution in [0.15, 0.2) is 42.5 Å². The topological polar surface area (TPSA) is 40.5 Å². The number of fused-ring (bicyclic) bond motifs is 1. The summed E-state index contributed by atoms with van der Waals surface area (Å²) in [7, 11) is 0. The van der Waals surface area contributed by atoms with Gasteiger partial charge in [0.2, 0.25) is 0 Å². The average Bonchev–Trinajstić information content (AvgIpc) is 2.78. The summed E-state index contributed by atoms with van der Waals surface area (Å²) in [6, 6.07) is 10.2. The molecule has 1 aliphatic rings. The molecule has 0 amide bonds. The molecule has 1 heterocycles. The van der Waals surface area contributed by atoms with E-state index >= 15 is 0 Å². The molecule has 0 aliphatic carbocycles. The zero-order valence-corrected chi connectivity index (χ0v) is 12.4. The number of carboxylic acid groups (broad SMARTS) is 1. The number of halogens is 1. The summed E-state index contributed by atoms with van der Waals surface area (Å²) >= 11 is 0. The summed E-state index contributed by atoms with van der Waals surface area (Å²) in [5.74, 6) is -1.30. The van der Waals surface area contributed by atoms with Crippen molar-refractivity contribution in [3.05, 3.63) is 70.5 Å². The molecule has 3 rings (SSSR count). The molecule has 0 bridgehead atoms. The number of rotatable bonds is 2. The van der Waals surface area contributed by atoms with E-state index in [-0.39, 0.29) is 5.82 Å². The number of aryl methyl sites for hydroxylation is 2. The van der Waals surface area contributed by atoms with E-state index in [1.54, 1.807) is 12.1 Å². The predicted octanol–water partition coefficient (Wildman–Crippen LogP) is 3.89. The van der Waals surface area contributed by atoms with E-state index in [0.717, 1.165) is 22.4 Å². The lowest BCUT2D eigenvalue weighted by atomic mass is 10.0. The molecule has 2 aromatic rings. The fourth-order valence-corrected chi connectivity index (χ4v) is 2.77. The number of benzene rings is 2. The number of nitrogens with zero attached hydrogens (tertiary/aromatic N) is 1. The van der Waals surface area contributed by atoms with E-state index in [1.165, 1.54) is 23.8 Å². The van der Waals surface area contributed by atoms with Gasteiger partial charge >= 0.3 is 5.97 Å². The highest BCUT2D eigenvalue weighted by molar-refractivity contribution is 5.96. The van der Waals surface area contributed by atoms with Crippen molar-refractivity contribution in [2.24, 2.45) is 0 Å². The highest BCUT2D eigenvalue weighted by atomic mass is 19.1. The van der Waals surface area contributed by atoms with Crippen LogP contribution >= 0.6 is 0 Å². The minimum absolute atomic E-state index is 0.309. The van der Waals surface area contributed by atoms with Crippen LogP contribution in [0.4, 0.5) is 10.1 Å². The van der Waals surface area contributed by atoms with Crippen LogP contribution < -0.4 is 4.90 Å². The van der Waals surface area contributed by atoms with Gasteiger partial charge in [0.1, 0.15) is 5.82 Å². The van der Waals surface area contributed by atoms with Gasteiger partial charge < -0.3 is 10.0 Å². The summed E-state index contributed by atoms with van der Waals surface area (Å²) in [6.07, 6.45) is 1.21. The van der Waals surface area contributed by atoms with E-state index < -0.39 is 5.97 Å². The Kier molecular flexibility index (Phi) is 3.45. The third-order valence-electron chi connectivity index (χ3n) is 4.01. The molecule has 1 N–H and O–H groups in total. The van der Waals surface area contributed by atoms with E-state index in [4.69, 9.17) is 5.11 Å². The quantitative estimate of drug-likeness (QED) is 0.855. The van der Waals surface area contributed by atoms with Crippen LogP contribution in [0.25, 0.3) is 5.70 Å². The smallest absolute Gasteiger partial charge is 0.330 e. The molecular weight excluding hydrogens is 281 g/mol. The molecule has 0 aromatic heterocycles. The molecule has 3 nitrogen and oxygen atoms in total. The monoisotopic (exact) mass is 297 g/mol. The van der Waals surface area contributed by atoms with Crippen LogP contribution in [-0.4, -0.2) is 11.1 Å². The molecule has 0 saturated heterocycles. The Morgan fingerprint density at radius 2 is 1.82 bits per heavy atom. The van der Waals surface area contributed by atoms with Gasteiger partial charge in [-0.05, 0) is 60.9 Å². The largest absolute Gasteiger partial charge is 0.478 e. The zero-order valence-electron chi connectivity index (χ0n) is 12.4. The van der Waals surface area contributed by atoms with Gasteiger partial charge in [-0.25, -0.2) is 9.18 Å². The minimum atomic E-state index is -0.992. The normalized spacial score (nSPS) is 15.2. The van der Waals surface area contributed by atoms with Gasteiger partial charge in [-0.3, -0.25) is 0 Å². The average molecular weight is 297 g/mol. The first kappa shape index (κ1) is 14.3. The van der Waals surface area contributed by atoms with Crippen molar-refractivity contribution in [2.75, 3.05) is 4.90 Å². The van der Waals surface area contributed by atoms with Crippen molar-refractivity contribution in [1.29, 1.82) is 0 Å². The molecule has 2 aromatic carbocycles. The van der Waals surface area contributed by atoms with Crippen molar-refractivity contribution in [2.45, 2.75) is 20.4 Å². The maximum atomic E-state index is 13.1. The Bertz CT molecular complexity index is 778. The molecule has 22 heavy (non-hydrogen) atoms. The fourth-order valence-electron chi connectivity index (χ4n) is 2.77. The first-order chi connectivity index (χ1) is 10.5. The predicted molar refractivity (Wildman–Crippen MR) is 84.1 cm³/mol. The Labute approximate surface area is 128 Å². The second kappa shape index (κ2) is 5.30. The van der Waals surface area contributed by atoms with Crippen LogP contribution in [0.2, 0.25) is 0 Å². The van der Waals surface area contributed by atoms with E-state index in [2.05, 4.69) is 6.07 Å². The SMILES string of the molecule is Cc1cc2c(cc1C)/C(=C\C(=O)O)N(c1ccc(F)cc1)C2. The van der Waals surface area contributed by atoms with E-state index in [9.17, 15) is 9.18 Å². The second-order valence-corrected chi connectivity index (χ2v) is 5.52. The summed E-state index contributed by atoms with van der Waals surface area (Å²) < 4.78 is 13.1. The first-order valence-electron chi connectivity index (χ1n) is 7.04. The highest BCUT2D eigenvalue weighted by Gasteiger charge is 2.26. The molecule has 4 heteroatoms. The fraction of sp³-hybridized carbons (Fsp3) is 0.167. The Balaban J connectivity index is 2.12. The van der Waals surface area contributed by atoms with Gasteiger partial charge in [-0.2, -0.15) is 0 Å². The lowest BCUT2D eigenvalue weighted by molar-refractivity contribution is -0.131. The third kappa shape index (κ3) is 2.48. The number of anilines is 1. The molecule has 112 valence electrons. The maximum absolute atomic E-state index is 13.1. The summed E-state index contributed by atoms with van der Waals surface area (Å²) in [6.45, 7) is 4.63. The van der Waals surface area contributed by atoms with Gasteiger partial charge in [0, 0.05) is 23.9 Å². The summed E-state index contributed by atoms with van der Waals surface area (Å²) in [4.78, 5) is 13.1. The van der Waals surface area contributed by atoms with Crippen molar-refractivity contribution < 1.29 is 14.3 Å². The lowest BCUT2D eigenvalue weighted by Gasteiger charge is -2.20.